The standard InChI is InChI=1S/C21H20Cl2N4O3S/c1-2-9-26-19(29)15-5-3-4-6-17(15)27-20(26)24-25-21(27)31-12-14(28)11-30-18-10-13(22)7-8-16(18)23/h3-8,10,14,28H,2,9,11-12H2,1H3. The minimum atomic E-state index is -0.778. The lowest BCUT2D eigenvalue weighted by atomic mass is 10.2. The van der Waals surface area contributed by atoms with E-state index in [1.54, 1.807) is 28.8 Å². The van der Waals surface area contributed by atoms with Gasteiger partial charge in [-0.3, -0.25) is 13.8 Å². The zero-order valence-electron chi connectivity index (χ0n) is 16.7. The summed E-state index contributed by atoms with van der Waals surface area (Å²) < 4.78 is 9.10. The highest BCUT2D eigenvalue weighted by molar-refractivity contribution is 7.99. The SMILES string of the molecule is CCCn1c(=O)c2ccccc2n2c(SCC(O)COc3cc(Cl)ccc3Cl)nnc12. The van der Waals surface area contributed by atoms with Gasteiger partial charge >= 0.3 is 0 Å². The van der Waals surface area contributed by atoms with Gasteiger partial charge in [-0.15, -0.1) is 10.2 Å². The highest BCUT2D eigenvalue weighted by atomic mass is 35.5. The lowest BCUT2D eigenvalue weighted by molar-refractivity contribution is 0.126. The third-order valence-electron chi connectivity index (χ3n) is 4.65. The van der Waals surface area contributed by atoms with Crippen LogP contribution < -0.4 is 10.3 Å². The van der Waals surface area contributed by atoms with Gasteiger partial charge in [-0.25, -0.2) is 0 Å². The molecule has 0 aliphatic heterocycles. The molecule has 7 nitrogen and oxygen atoms in total. The number of fused-ring (bicyclic) bond motifs is 3. The van der Waals surface area contributed by atoms with E-state index in [2.05, 4.69) is 10.2 Å². The zero-order valence-corrected chi connectivity index (χ0v) is 19.0. The van der Waals surface area contributed by atoms with Gasteiger partial charge in [0.1, 0.15) is 12.4 Å². The van der Waals surface area contributed by atoms with E-state index in [-0.39, 0.29) is 12.2 Å². The second kappa shape index (κ2) is 9.48. The maximum Gasteiger partial charge on any atom is 0.262 e. The molecule has 31 heavy (non-hydrogen) atoms. The van der Waals surface area contributed by atoms with Gasteiger partial charge < -0.3 is 9.84 Å². The number of aromatic nitrogens is 4. The molecule has 0 radical (unpaired) electrons. The molecule has 2 aromatic carbocycles. The Balaban J connectivity index is 1.56. The number of nitrogens with zero attached hydrogens (tertiary/aromatic N) is 4. The molecule has 0 aliphatic rings. The van der Waals surface area contributed by atoms with Gasteiger partial charge in [-0.2, -0.15) is 0 Å². The van der Waals surface area contributed by atoms with Crippen LogP contribution in [0.1, 0.15) is 13.3 Å². The second-order valence-corrected chi connectivity index (χ2v) is 8.77. The maximum absolute atomic E-state index is 12.9. The topological polar surface area (TPSA) is 81.7 Å². The molecule has 4 rings (SSSR count). The number of hydrogen-bond acceptors (Lipinski definition) is 6. The highest BCUT2D eigenvalue weighted by Gasteiger charge is 2.18. The molecule has 1 N–H and O–H groups in total. The largest absolute Gasteiger partial charge is 0.489 e. The molecule has 162 valence electrons. The Bertz CT molecular complexity index is 1290. The first-order chi connectivity index (χ1) is 15.0. The Labute approximate surface area is 192 Å². The van der Waals surface area contributed by atoms with Crippen LogP contribution in [0.3, 0.4) is 0 Å². The molecule has 4 aromatic rings. The number of ether oxygens (including phenoxy) is 1. The summed E-state index contributed by atoms with van der Waals surface area (Å²) in [7, 11) is 0. The first-order valence-corrected chi connectivity index (χ1v) is 11.5. The number of hydrogen-bond donors (Lipinski definition) is 1. The summed E-state index contributed by atoms with van der Waals surface area (Å²) in [4.78, 5) is 12.9. The summed E-state index contributed by atoms with van der Waals surface area (Å²) in [6, 6.07) is 12.3. The number of aliphatic hydroxyl groups is 1. The number of rotatable bonds is 8. The summed E-state index contributed by atoms with van der Waals surface area (Å²) in [6.07, 6.45) is 0.0194. The average molecular weight is 479 g/mol. The normalized spacial score (nSPS) is 12.5. The van der Waals surface area contributed by atoms with Crippen molar-refractivity contribution in [2.75, 3.05) is 12.4 Å². The van der Waals surface area contributed by atoms with Gasteiger partial charge in [0.25, 0.3) is 5.56 Å². The van der Waals surface area contributed by atoms with Crippen LogP contribution in [0.5, 0.6) is 5.75 Å². The molecule has 0 saturated carbocycles. The number of thioether (sulfide) groups is 1. The lowest BCUT2D eigenvalue weighted by Crippen LogP contribution is -2.23. The van der Waals surface area contributed by atoms with E-state index < -0.39 is 6.10 Å². The lowest BCUT2D eigenvalue weighted by Gasteiger charge is -2.13. The molecule has 0 aliphatic carbocycles. The Hall–Kier alpha value is -2.26. The van der Waals surface area contributed by atoms with Crippen LogP contribution in [0.4, 0.5) is 0 Å². The second-order valence-electron chi connectivity index (χ2n) is 6.94. The van der Waals surface area contributed by atoms with Crippen LogP contribution >= 0.6 is 35.0 Å². The van der Waals surface area contributed by atoms with E-state index in [1.165, 1.54) is 11.8 Å². The van der Waals surface area contributed by atoms with Gasteiger partial charge in [0, 0.05) is 23.4 Å². The van der Waals surface area contributed by atoms with E-state index in [0.29, 0.717) is 44.4 Å². The van der Waals surface area contributed by atoms with E-state index >= 15 is 0 Å². The van der Waals surface area contributed by atoms with Gasteiger partial charge in [0.15, 0.2) is 5.16 Å². The monoisotopic (exact) mass is 478 g/mol. The average Bonchev–Trinajstić information content (AvgIpc) is 3.20. The number of aliphatic hydroxyl groups excluding tert-OH is 1. The van der Waals surface area contributed by atoms with Gasteiger partial charge in [-0.05, 0) is 30.7 Å². The van der Waals surface area contributed by atoms with E-state index in [0.717, 1.165) is 11.9 Å². The Morgan fingerprint density at radius 1 is 1.19 bits per heavy atom. The van der Waals surface area contributed by atoms with Crippen molar-refractivity contribution < 1.29 is 9.84 Å². The summed E-state index contributed by atoms with van der Waals surface area (Å²) in [6.45, 7) is 2.60. The maximum atomic E-state index is 12.9. The minimum absolute atomic E-state index is 0.0467. The number of halogens is 2. The van der Waals surface area contributed by atoms with Crippen molar-refractivity contribution in [1.29, 1.82) is 0 Å². The molecule has 1 unspecified atom stereocenters. The van der Waals surface area contributed by atoms with Crippen molar-refractivity contribution in [3.63, 3.8) is 0 Å². The fourth-order valence-corrected chi connectivity index (χ4v) is 4.42. The predicted octanol–water partition coefficient (Wildman–Crippen LogP) is 4.29. The predicted molar refractivity (Wildman–Crippen MR) is 124 cm³/mol. The van der Waals surface area contributed by atoms with Crippen molar-refractivity contribution >= 4 is 51.6 Å². The number of para-hydroxylation sites is 1. The van der Waals surface area contributed by atoms with E-state index in [4.69, 9.17) is 27.9 Å². The van der Waals surface area contributed by atoms with Crippen molar-refractivity contribution in [3.05, 3.63) is 62.9 Å². The number of benzene rings is 2. The molecular weight excluding hydrogens is 459 g/mol. The van der Waals surface area contributed by atoms with Crippen molar-refractivity contribution in [1.82, 2.24) is 19.2 Å². The quantitative estimate of drug-likeness (QED) is 0.380. The van der Waals surface area contributed by atoms with Crippen LogP contribution in [0.15, 0.2) is 52.4 Å². The van der Waals surface area contributed by atoms with Gasteiger partial charge in [-0.1, -0.05) is 54.0 Å². The summed E-state index contributed by atoms with van der Waals surface area (Å²) in [5.74, 6) is 1.23. The molecule has 0 amide bonds. The van der Waals surface area contributed by atoms with Crippen LogP contribution in [-0.4, -0.2) is 42.7 Å². The molecule has 0 fully saturated rings. The first kappa shape index (κ1) is 22.0. The van der Waals surface area contributed by atoms with Crippen LogP contribution in [-0.2, 0) is 6.54 Å². The van der Waals surface area contributed by atoms with Crippen LogP contribution in [0, 0.1) is 0 Å². The fraction of sp³-hybridized carbons (Fsp3) is 0.286. The number of aryl methyl sites for hydroxylation is 1. The van der Waals surface area contributed by atoms with E-state index in [1.807, 2.05) is 29.5 Å². The molecule has 2 aromatic heterocycles. The molecule has 10 heteroatoms. The van der Waals surface area contributed by atoms with Crippen LogP contribution in [0.25, 0.3) is 16.7 Å². The molecule has 0 spiro atoms. The summed E-state index contributed by atoms with van der Waals surface area (Å²) in [5.41, 5.74) is 0.652. The zero-order chi connectivity index (χ0) is 22.0. The highest BCUT2D eigenvalue weighted by Crippen LogP contribution is 2.28. The Kier molecular flexibility index (Phi) is 6.71. The molecule has 0 saturated heterocycles. The van der Waals surface area contributed by atoms with Gasteiger partial charge in [0.2, 0.25) is 5.78 Å². The Morgan fingerprint density at radius 2 is 2.00 bits per heavy atom. The fourth-order valence-electron chi connectivity index (χ4n) is 3.24. The molecule has 0 bridgehead atoms. The molecule has 1 atom stereocenters. The van der Waals surface area contributed by atoms with Crippen molar-refractivity contribution in [2.24, 2.45) is 0 Å². The molecule has 2 heterocycles. The van der Waals surface area contributed by atoms with Crippen molar-refractivity contribution in [2.45, 2.75) is 31.1 Å². The van der Waals surface area contributed by atoms with Gasteiger partial charge in [0.05, 0.1) is 22.0 Å². The van der Waals surface area contributed by atoms with E-state index in [9.17, 15) is 9.90 Å². The minimum Gasteiger partial charge on any atom is -0.489 e. The van der Waals surface area contributed by atoms with Crippen molar-refractivity contribution in [3.8, 4) is 5.75 Å². The molecular formula is C21H20Cl2N4O3S. The third-order valence-corrected chi connectivity index (χ3v) is 6.28. The van der Waals surface area contributed by atoms with Crippen LogP contribution in [0.2, 0.25) is 10.0 Å². The third kappa shape index (κ3) is 4.52. The summed E-state index contributed by atoms with van der Waals surface area (Å²) in [5, 5.41) is 21.0. The Morgan fingerprint density at radius 3 is 2.81 bits per heavy atom. The smallest absolute Gasteiger partial charge is 0.262 e. The summed E-state index contributed by atoms with van der Waals surface area (Å²) >= 11 is 13.4. The first-order valence-electron chi connectivity index (χ1n) is 9.75.